The van der Waals surface area contributed by atoms with Gasteiger partial charge in [-0.3, -0.25) is 14.5 Å². The minimum absolute atomic E-state index is 0.00403. The Morgan fingerprint density at radius 2 is 1.95 bits per heavy atom. The van der Waals surface area contributed by atoms with E-state index in [9.17, 15) is 9.59 Å². The third kappa shape index (κ3) is 5.50. The monoisotopic (exact) mass is 519 g/mol. The molecular weight excluding hydrogens is 486 g/mol. The van der Waals surface area contributed by atoms with Crippen LogP contribution in [-0.4, -0.2) is 60.7 Å². The van der Waals surface area contributed by atoms with Gasteiger partial charge in [0.1, 0.15) is 0 Å². The first kappa shape index (κ1) is 25.7. The minimum Gasteiger partial charge on any atom is -0.493 e. The maximum Gasteiger partial charge on any atom is 0.241 e. The number of methoxy groups -OCH3 is 2. The number of nitrogens with one attached hydrogen (secondary N) is 1. The van der Waals surface area contributed by atoms with Crippen LogP contribution in [-0.2, 0) is 16.1 Å². The fourth-order valence-electron chi connectivity index (χ4n) is 5.20. The van der Waals surface area contributed by atoms with E-state index in [2.05, 4.69) is 20.4 Å². The lowest BCUT2D eigenvalue weighted by Gasteiger charge is -2.31. The average Bonchev–Trinajstić information content (AvgIpc) is 3.57. The van der Waals surface area contributed by atoms with E-state index in [0.29, 0.717) is 42.7 Å². The predicted molar refractivity (Wildman–Crippen MR) is 142 cm³/mol. The van der Waals surface area contributed by atoms with Crippen LogP contribution in [0.3, 0.4) is 0 Å². The van der Waals surface area contributed by atoms with Crippen molar-refractivity contribution in [1.82, 2.24) is 15.0 Å². The van der Waals surface area contributed by atoms with Crippen molar-refractivity contribution < 1.29 is 23.6 Å². The average molecular weight is 520 g/mol. The quantitative estimate of drug-likeness (QED) is 0.475. The van der Waals surface area contributed by atoms with Gasteiger partial charge in [0.05, 0.1) is 26.7 Å². The molecule has 0 radical (unpaired) electrons. The molecule has 2 fully saturated rings. The SMILES string of the molecule is COc1ccc(-c2noc(CN3CCCC(C(=O)Nc4ccc(N5CCCC5=O)c(C)c4)C3)n2)cc1OC. The number of ether oxygens (including phenoxy) is 2. The molecule has 2 saturated heterocycles. The standard InChI is InChI=1S/C28H33N5O5/c1-18-14-21(9-10-22(18)33-13-5-7-26(33)34)29-28(35)20-6-4-12-32(16-20)17-25-30-27(31-38-25)19-8-11-23(36-2)24(15-19)37-3/h8-11,14-15,20H,4-7,12-13,16-17H2,1-3H3,(H,29,35). The van der Waals surface area contributed by atoms with Gasteiger partial charge in [0.15, 0.2) is 11.5 Å². The van der Waals surface area contributed by atoms with Gasteiger partial charge in [-0.05, 0) is 74.7 Å². The zero-order valence-electron chi connectivity index (χ0n) is 22.0. The molecule has 38 heavy (non-hydrogen) atoms. The van der Waals surface area contributed by atoms with Crippen LogP contribution in [0, 0.1) is 12.8 Å². The van der Waals surface area contributed by atoms with Crippen LogP contribution in [0.5, 0.6) is 11.5 Å². The molecule has 2 aliphatic rings. The number of nitrogens with zero attached hydrogens (tertiary/aromatic N) is 4. The molecule has 5 rings (SSSR count). The van der Waals surface area contributed by atoms with E-state index >= 15 is 0 Å². The van der Waals surface area contributed by atoms with Gasteiger partial charge < -0.3 is 24.2 Å². The summed E-state index contributed by atoms with van der Waals surface area (Å²) in [6.07, 6.45) is 3.21. The number of rotatable bonds is 8. The van der Waals surface area contributed by atoms with Gasteiger partial charge >= 0.3 is 0 Å². The molecule has 200 valence electrons. The summed E-state index contributed by atoms with van der Waals surface area (Å²) < 4.78 is 16.2. The highest BCUT2D eigenvalue weighted by atomic mass is 16.5. The number of hydrogen-bond donors (Lipinski definition) is 1. The van der Waals surface area contributed by atoms with Crippen LogP contribution < -0.4 is 19.7 Å². The van der Waals surface area contributed by atoms with Crippen LogP contribution in [0.15, 0.2) is 40.9 Å². The fraction of sp³-hybridized carbons (Fsp3) is 0.429. The van der Waals surface area contributed by atoms with Gasteiger partial charge in [-0.1, -0.05) is 5.16 Å². The predicted octanol–water partition coefficient (Wildman–Crippen LogP) is 4.04. The fourth-order valence-corrected chi connectivity index (χ4v) is 5.20. The Morgan fingerprint density at radius 3 is 2.68 bits per heavy atom. The molecule has 2 amide bonds. The zero-order chi connectivity index (χ0) is 26.6. The molecule has 0 bridgehead atoms. The summed E-state index contributed by atoms with van der Waals surface area (Å²) in [4.78, 5) is 33.8. The van der Waals surface area contributed by atoms with Crippen molar-refractivity contribution in [1.29, 1.82) is 0 Å². The van der Waals surface area contributed by atoms with E-state index < -0.39 is 0 Å². The van der Waals surface area contributed by atoms with Crippen LogP contribution in [0.4, 0.5) is 11.4 Å². The van der Waals surface area contributed by atoms with Gasteiger partial charge in [0.25, 0.3) is 0 Å². The molecule has 3 heterocycles. The summed E-state index contributed by atoms with van der Waals surface area (Å²) in [5, 5.41) is 7.20. The summed E-state index contributed by atoms with van der Waals surface area (Å²) in [7, 11) is 3.17. The van der Waals surface area contributed by atoms with Crippen molar-refractivity contribution in [3.8, 4) is 22.9 Å². The second-order valence-corrected chi connectivity index (χ2v) is 9.80. The summed E-state index contributed by atoms with van der Waals surface area (Å²) in [5.41, 5.74) is 3.41. The van der Waals surface area contributed by atoms with Crippen molar-refractivity contribution in [2.45, 2.75) is 39.2 Å². The number of carbonyl (C=O) groups excluding carboxylic acids is 2. The number of piperidine rings is 1. The van der Waals surface area contributed by atoms with E-state index in [1.807, 2.05) is 42.2 Å². The van der Waals surface area contributed by atoms with Crippen molar-refractivity contribution in [2.24, 2.45) is 5.92 Å². The summed E-state index contributed by atoms with van der Waals surface area (Å²) in [6.45, 7) is 4.66. The number of anilines is 2. The molecule has 0 spiro atoms. The number of carbonyl (C=O) groups is 2. The molecule has 2 aromatic carbocycles. The maximum atomic E-state index is 13.1. The Kier molecular flexibility index (Phi) is 7.59. The number of hydrogen-bond acceptors (Lipinski definition) is 8. The second kappa shape index (κ2) is 11.2. The first-order valence-electron chi connectivity index (χ1n) is 12.9. The number of aromatic nitrogens is 2. The van der Waals surface area contributed by atoms with Gasteiger partial charge in [0, 0.05) is 36.4 Å². The van der Waals surface area contributed by atoms with E-state index in [4.69, 9.17) is 14.0 Å². The van der Waals surface area contributed by atoms with Crippen LogP contribution >= 0.6 is 0 Å². The van der Waals surface area contributed by atoms with Gasteiger partial charge in [-0.2, -0.15) is 4.98 Å². The minimum atomic E-state index is -0.142. The van der Waals surface area contributed by atoms with E-state index in [1.165, 1.54) is 0 Å². The maximum absolute atomic E-state index is 13.1. The van der Waals surface area contributed by atoms with Crippen molar-refractivity contribution >= 4 is 23.2 Å². The Hall–Kier alpha value is -3.92. The van der Waals surface area contributed by atoms with Crippen molar-refractivity contribution in [3.63, 3.8) is 0 Å². The summed E-state index contributed by atoms with van der Waals surface area (Å²) >= 11 is 0. The van der Waals surface area contributed by atoms with Gasteiger partial charge in [-0.25, -0.2) is 0 Å². The van der Waals surface area contributed by atoms with Crippen molar-refractivity contribution in [2.75, 3.05) is 44.1 Å². The first-order chi connectivity index (χ1) is 18.4. The highest BCUT2D eigenvalue weighted by Gasteiger charge is 2.28. The second-order valence-electron chi connectivity index (χ2n) is 9.80. The Labute approximate surface area is 221 Å². The molecule has 10 heteroatoms. The van der Waals surface area contributed by atoms with Gasteiger partial charge in [0.2, 0.25) is 23.5 Å². The number of amides is 2. The first-order valence-corrected chi connectivity index (χ1v) is 12.9. The number of likely N-dealkylation sites (tertiary alicyclic amines) is 1. The molecule has 0 aliphatic carbocycles. The van der Waals surface area contributed by atoms with Crippen LogP contribution in [0.25, 0.3) is 11.4 Å². The molecule has 1 atom stereocenters. The highest BCUT2D eigenvalue weighted by Crippen LogP contribution is 2.32. The van der Waals surface area contributed by atoms with Crippen LogP contribution in [0.1, 0.15) is 37.1 Å². The van der Waals surface area contributed by atoms with Crippen molar-refractivity contribution in [3.05, 3.63) is 47.9 Å². The summed E-state index contributed by atoms with van der Waals surface area (Å²) in [6, 6.07) is 11.2. The van der Waals surface area contributed by atoms with Gasteiger partial charge in [-0.15, -0.1) is 0 Å². The number of benzene rings is 2. The normalized spacial score (nSPS) is 18.0. The third-order valence-corrected chi connectivity index (χ3v) is 7.17. The highest BCUT2D eigenvalue weighted by molar-refractivity contribution is 5.97. The third-order valence-electron chi connectivity index (χ3n) is 7.17. The molecule has 3 aromatic rings. The van der Waals surface area contributed by atoms with E-state index in [0.717, 1.165) is 54.9 Å². The zero-order valence-corrected chi connectivity index (χ0v) is 22.0. The molecule has 1 N–H and O–H groups in total. The smallest absolute Gasteiger partial charge is 0.241 e. The van der Waals surface area contributed by atoms with E-state index in [-0.39, 0.29) is 17.7 Å². The van der Waals surface area contributed by atoms with E-state index in [1.54, 1.807) is 20.3 Å². The Bertz CT molecular complexity index is 1320. The molecule has 0 saturated carbocycles. The Morgan fingerprint density at radius 1 is 1.11 bits per heavy atom. The molecule has 1 aromatic heterocycles. The lowest BCUT2D eigenvalue weighted by molar-refractivity contribution is -0.121. The topological polar surface area (TPSA) is 110 Å². The molecule has 2 aliphatic heterocycles. The lowest BCUT2D eigenvalue weighted by Crippen LogP contribution is -2.40. The summed E-state index contributed by atoms with van der Waals surface area (Å²) in [5.74, 6) is 2.21. The molecular formula is C28H33N5O5. The lowest BCUT2D eigenvalue weighted by atomic mass is 9.97. The largest absolute Gasteiger partial charge is 0.493 e. The molecule has 1 unspecified atom stereocenters. The Balaban J connectivity index is 1.19. The number of aryl methyl sites for hydroxylation is 1. The van der Waals surface area contributed by atoms with Crippen LogP contribution in [0.2, 0.25) is 0 Å². The molecule has 10 nitrogen and oxygen atoms in total.